The summed E-state index contributed by atoms with van der Waals surface area (Å²) in [4.78, 5) is 0. The highest BCUT2D eigenvalue weighted by atomic mass is 35.5. The zero-order valence-electron chi connectivity index (χ0n) is 11.2. The van der Waals surface area contributed by atoms with Gasteiger partial charge in [-0.1, -0.05) is 29.8 Å². The Bertz CT molecular complexity index is 588. The van der Waals surface area contributed by atoms with Gasteiger partial charge in [0.15, 0.2) is 0 Å². The van der Waals surface area contributed by atoms with E-state index < -0.39 is 0 Å². The number of para-hydroxylation sites is 1. The van der Waals surface area contributed by atoms with Gasteiger partial charge in [0.05, 0.1) is 16.9 Å². The zero-order chi connectivity index (χ0) is 14.1. The van der Waals surface area contributed by atoms with E-state index in [-0.39, 0.29) is 12.1 Å². The number of hydrogen-bond donors (Lipinski definition) is 2. The van der Waals surface area contributed by atoms with Crippen LogP contribution < -0.4 is 16.0 Å². The summed E-state index contributed by atoms with van der Waals surface area (Å²) in [7, 11) is 0. The van der Waals surface area contributed by atoms with E-state index in [0.29, 0.717) is 5.02 Å². The molecule has 0 spiro atoms. The molecule has 2 unspecified atom stereocenters. The maximum atomic E-state index is 6.25. The Kier molecular flexibility index (Phi) is 3.65. The Hall–Kier alpha value is -1.56. The first-order valence-corrected chi connectivity index (χ1v) is 7.04. The van der Waals surface area contributed by atoms with Crippen molar-refractivity contribution in [3.05, 3.63) is 46.7 Å². The van der Waals surface area contributed by atoms with Crippen LogP contribution in [0.25, 0.3) is 0 Å². The van der Waals surface area contributed by atoms with Gasteiger partial charge in [-0.05, 0) is 18.6 Å². The number of rotatable bonds is 4. The van der Waals surface area contributed by atoms with Crippen LogP contribution in [-0.2, 0) is 13.0 Å². The molecule has 0 fully saturated rings. The van der Waals surface area contributed by atoms with E-state index >= 15 is 0 Å². The predicted molar refractivity (Wildman–Crippen MR) is 77.5 cm³/mol. The first kappa shape index (κ1) is 13.4. The van der Waals surface area contributed by atoms with E-state index in [0.717, 1.165) is 24.4 Å². The number of hydrazine groups is 1. The standard InChI is InChI=1S/C14H17ClN4O/c1-2-19-14(10(15)8-17-19)13(18-16)12-7-9-5-3-4-6-11(9)20-12/h3-6,8,12-13,18H,2,7,16H2,1H3. The number of fused-ring (bicyclic) bond motifs is 1. The maximum Gasteiger partial charge on any atom is 0.125 e. The third-order valence-electron chi connectivity index (χ3n) is 3.65. The number of hydrogen-bond acceptors (Lipinski definition) is 4. The number of halogens is 1. The molecule has 3 rings (SSSR count). The van der Waals surface area contributed by atoms with E-state index in [2.05, 4.69) is 16.6 Å². The van der Waals surface area contributed by atoms with Crippen molar-refractivity contribution >= 4 is 11.6 Å². The quantitative estimate of drug-likeness (QED) is 0.669. The third-order valence-corrected chi connectivity index (χ3v) is 3.94. The number of aromatic nitrogens is 2. The Morgan fingerprint density at radius 3 is 3.05 bits per heavy atom. The van der Waals surface area contributed by atoms with Gasteiger partial charge in [0.1, 0.15) is 17.9 Å². The summed E-state index contributed by atoms with van der Waals surface area (Å²) < 4.78 is 7.84. The molecule has 0 bridgehead atoms. The van der Waals surface area contributed by atoms with Crippen molar-refractivity contribution in [2.75, 3.05) is 0 Å². The highest BCUT2D eigenvalue weighted by Crippen LogP contribution is 2.35. The second kappa shape index (κ2) is 5.44. The van der Waals surface area contributed by atoms with Gasteiger partial charge in [0.2, 0.25) is 0 Å². The topological polar surface area (TPSA) is 65.1 Å². The van der Waals surface area contributed by atoms with E-state index in [1.165, 1.54) is 5.56 Å². The first-order valence-electron chi connectivity index (χ1n) is 6.66. The molecule has 0 amide bonds. The summed E-state index contributed by atoms with van der Waals surface area (Å²) >= 11 is 6.25. The fourth-order valence-corrected chi connectivity index (χ4v) is 2.95. The van der Waals surface area contributed by atoms with Crippen LogP contribution in [0.3, 0.4) is 0 Å². The van der Waals surface area contributed by atoms with Crippen molar-refractivity contribution in [1.82, 2.24) is 15.2 Å². The molecule has 0 aliphatic carbocycles. The SMILES string of the molecule is CCn1ncc(Cl)c1C(NN)C1Cc2ccccc2O1. The molecule has 1 aromatic heterocycles. The van der Waals surface area contributed by atoms with Crippen molar-refractivity contribution < 1.29 is 4.74 Å². The van der Waals surface area contributed by atoms with E-state index in [1.807, 2.05) is 29.8 Å². The third kappa shape index (κ3) is 2.18. The van der Waals surface area contributed by atoms with Crippen molar-refractivity contribution in [1.29, 1.82) is 0 Å². The van der Waals surface area contributed by atoms with Gasteiger partial charge in [-0.3, -0.25) is 10.5 Å². The minimum absolute atomic E-state index is 0.0862. The molecular weight excluding hydrogens is 276 g/mol. The summed E-state index contributed by atoms with van der Waals surface area (Å²) in [6, 6.07) is 7.83. The monoisotopic (exact) mass is 292 g/mol. The summed E-state index contributed by atoms with van der Waals surface area (Å²) in [5.41, 5.74) is 4.89. The zero-order valence-corrected chi connectivity index (χ0v) is 12.0. The molecule has 1 aromatic carbocycles. The van der Waals surface area contributed by atoms with Gasteiger partial charge in [-0.2, -0.15) is 5.10 Å². The van der Waals surface area contributed by atoms with Crippen LogP contribution in [0, 0.1) is 0 Å². The molecule has 3 N–H and O–H groups in total. The van der Waals surface area contributed by atoms with Crippen molar-refractivity contribution in [3.63, 3.8) is 0 Å². The molecule has 0 radical (unpaired) electrons. The number of nitrogens with one attached hydrogen (secondary N) is 1. The van der Waals surface area contributed by atoms with Gasteiger partial charge >= 0.3 is 0 Å². The maximum absolute atomic E-state index is 6.25. The molecule has 6 heteroatoms. The second-order valence-corrected chi connectivity index (χ2v) is 5.21. The lowest BCUT2D eigenvalue weighted by Crippen LogP contribution is -2.40. The van der Waals surface area contributed by atoms with Crippen LogP contribution in [0.15, 0.2) is 30.5 Å². The van der Waals surface area contributed by atoms with Gasteiger partial charge in [-0.25, -0.2) is 5.43 Å². The van der Waals surface area contributed by atoms with Crippen molar-refractivity contribution in [2.45, 2.75) is 32.0 Å². The number of ether oxygens (including phenoxy) is 1. The second-order valence-electron chi connectivity index (χ2n) is 4.81. The number of benzene rings is 1. The lowest BCUT2D eigenvalue weighted by Gasteiger charge is -2.23. The van der Waals surface area contributed by atoms with Crippen LogP contribution in [0.5, 0.6) is 5.75 Å². The van der Waals surface area contributed by atoms with Crippen LogP contribution >= 0.6 is 11.6 Å². The summed E-state index contributed by atoms with van der Waals surface area (Å²) in [5.74, 6) is 6.65. The molecular formula is C14H17ClN4O. The smallest absolute Gasteiger partial charge is 0.125 e. The molecule has 2 atom stereocenters. The van der Waals surface area contributed by atoms with Crippen LogP contribution in [0.1, 0.15) is 24.2 Å². The molecule has 0 saturated heterocycles. The minimum atomic E-state index is -0.197. The molecule has 1 aliphatic heterocycles. The predicted octanol–water partition coefficient (Wildman–Crippen LogP) is 2.06. The van der Waals surface area contributed by atoms with Crippen molar-refractivity contribution in [2.24, 2.45) is 5.84 Å². The average Bonchev–Trinajstić information content (AvgIpc) is 3.04. The Balaban J connectivity index is 1.91. The Morgan fingerprint density at radius 1 is 1.55 bits per heavy atom. The normalized spacial score (nSPS) is 18.6. The van der Waals surface area contributed by atoms with Gasteiger partial charge in [0, 0.05) is 13.0 Å². The van der Waals surface area contributed by atoms with Gasteiger partial charge in [-0.15, -0.1) is 0 Å². The van der Waals surface area contributed by atoms with Crippen LogP contribution in [0.2, 0.25) is 5.02 Å². The fourth-order valence-electron chi connectivity index (χ4n) is 2.69. The first-order chi connectivity index (χ1) is 9.74. The van der Waals surface area contributed by atoms with Gasteiger partial charge in [0.25, 0.3) is 0 Å². The van der Waals surface area contributed by atoms with Crippen LogP contribution in [0.4, 0.5) is 0 Å². The highest BCUT2D eigenvalue weighted by molar-refractivity contribution is 6.31. The molecule has 2 aromatic rings. The Labute approximate surface area is 122 Å². The minimum Gasteiger partial charge on any atom is -0.488 e. The number of nitrogens with zero attached hydrogens (tertiary/aromatic N) is 2. The fraction of sp³-hybridized carbons (Fsp3) is 0.357. The lowest BCUT2D eigenvalue weighted by molar-refractivity contribution is 0.173. The highest BCUT2D eigenvalue weighted by Gasteiger charge is 2.33. The molecule has 5 nitrogen and oxygen atoms in total. The average molecular weight is 293 g/mol. The Morgan fingerprint density at radius 2 is 2.35 bits per heavy atom. The summed E-state index contributed by atoms with van der Waals surface area (Å²) in [6.45, 7) is 2.75. The lowest BCUT2D eigenvalue weighted by atomic mass is 10.0. The van der Waals surface area contributed by atoms with Crippen molar-refractivity contribution in [3.8, 4) is 5.75 Å². The number of aryl methyl sites for hydroxylation is 1. The number of nitrogens with two attached hydrogens (primary N) is 1. The molecule has 0 saturated carbocycles. The summed E-state index contributed by atoms with van der Waals surface area (Å²) in [6.07, 6.45) is 2.36. The summed E-state index contributed by atoms with van der Waals surface area (Å²) in [5, 5.41) is 4.86. The van der Waals surface area contributed by atoms with E-state index in [4.69, 9.17) is 22.2 Å². The molecule has 1 aliphatic rings. The van der Waals surface area contributed by atoms with Crippen LogP contribution in [-0.4, -0.2) is 15.9 Å². The molecule has 20 heavy (non-hydrogen) atoms. The van der Waals surface area contributed by atoms with E-state index in [9.17, 15) is 0 Å². The largest absolute Gasteiger partial charge is 0.488 e. The molecule has 2 heterocycles. The molecule has 106 valence electrons. The van der Waals surface area contributed by atoms with Gasteiger partial charge < -0.3 is 4.74 Å². The van der Waals surface area contributed by atoms with E-state index in [1.54, 1.807) is 6.20 Å².